The molecule has 2 rings (SSSR count). The van der Waals surface area contributed by atoms with Crippen LogP contribution in [0, 0.1) is 5.82 Å². The number of anilines is 1. The minimum atomic E-state index is -0.492. The molecule has 0 bridgehead atoms. The summed E-state index contributed by atoms with van der Waals surface area (Å²) in [5.74, 6) is -0.223. The summed E-state index contributed by atoms with van der Waals surface area (Å²) in [5.41, 5.74) is 2.78. The first-order valence-electron chi connectivity index (χ1n) is 6.40. The number of halogens is 2. The number of nitrogens with zero attached hydrogens (tertiary/aromatic N) is 1. The van der Waals surface area contributed by atoms with Crippen LogP contribution in [0.4, 0.5) is 10.1 Å². The zero-order valence-corrected chi connectivity index (χ0v) is 13.1. The van der Waals surface area contributed by atoms with Gasteiger partial charge in [-0.2, -0.15) is 0 Å². The molecule has 0 aromatic heterocycles. The van der Waals surface area contributed by atoms with Gasteiger partial charge in [0.2, 0.25) is 0 Å². The third kappa shape index (κ3) is 3.58. The summed E-state index contributed by atoms with van der Waals surface area (Å²) >= 11 is 3.52. The van der Waals surface area contributed by atoms with Gasteiger partial charge in [0, 0.05) is 18.1 Å². The molecule has 2 nitrogen and oxygen atoms in total. The van der Waals surface area contributed by atoms with Crippen LogP contribution in [0.1, 0.15) is 24.2 Å². The molecule has 0 radical (unpaired) electrons. The smallest absolute Gasteiger partial charge is 0.123 e. The normalized spacial score (nSPS) is 12.2. The molecule has 20 heavy (non-hydrogen) atoms. The SMILES string of the molecule is C[C@@H](O)c1ccc(N(C)Cc2cccc(F)c2)c(Br)c1. The van der Waals surface area contributed by atoms with Crippen LogP contribution in [0.25, 0.3) is 0 Å². The highest BCUT2D eigenvalue weighted by Gasteiger charge is 2.09. The van der Waals surface area contributed by atoms with Gasteiger partial charge in [0.1, 0.15) is 5.82 Å². The lowest BCUT2D eigenvalue weighted by Gasteiger charge is -2.22. The summed E-state index contributed by atoms with van der Waals surface area (Å²) in [6.07, 6.45) is -0.492. The van der Waals surface area contributed by atoms with Crippen molar-refractivity contribution in [3.8, 4) is 0 Å². The van der Waals surface area contributed by atoms with E-state index in [4.69, 9.17) is 0 Å². The minimum absolute atomic E-state index is 0.223. The van der Waals surface area contributed by atoms with Crippen molar-refractivity contribution in [2.24, 2.45) is 0 Å². The van der Waals surface area contributed by atoms with Crippen LogP contribution < -0.4 is 4.90 Å². The zero-order valence-electron chi connectivity index (χ0n) is 11.5. The molecule has 0 unspecified atom stereocenters. The standard InChI is InChI=1S/C16H17BrFNO/c1-11(20)13-6-7-16(15(17)9-13)19(2)10-12-4-3-5-14(18)8-12/h3-9,11,20H,10H2,1-2H3/t11-/m1/s1. The summed E-state index contributed by atoms with van der Waals surface area (Å²) in [4.78, 5) is 2.03. The largest absolute Gasteiger partial charge is 0.389 e. The maximum absolute atomic E-state index is 13.2. The van der Waals surface area contributed by atoms with Crippen molar-refractivity contribution in [2.45, 2.75) is 19.6 Å². The van der Waals surface area contributed by atoms with Gasteiger partial charge in [-0.3, -0.25) is 0 Å². The van der Waals surface area contributed by atoms with E-state index in [0.29, 0.717) is 6.54 Å². The highest BCUT2D eigenvalue weighted by atomic mass is 79.9. The molecule has 2 aromatic rings. The van der Waals surface area contributed by atoms with Crippen LogP contribution in [0.3, 0.4) is 0 Å². The Labute approximate surface area is 127 Å². The van der Waals surface area contributed by atoms with E-state index >= 15 is 0 Å². The predicted octanol–water partition coefficient (Wildman–Crippen LogP) is 4.28. The summed E-state index contributed by atoms with van der Waals surface area (Å²) in [5, 5.41) is 9.57. The van der Waals surface area contributed by atoms with Crippen molar-refractivity contribution in [3.63, 3.8) is 0 Å². The van der Waals surface area contributed by atoms with E-state index in [-0.39, 0.29) is 5.82 Å². The van der Waals surface area contributed by atoms with Gasteiger partial charge in [0.15, 0.2) is 0 Å². The molecule has 0 saturated carbocycles. The maximum atomic E-state index is 13.2. The second-order valence-electron chi connectivity index (χ2n) is 4.87. The van der Waals surface area contributed by atoms with Crippen LogP contribution in [-0.4, -0.2) is 12.2 Å². The van der Waals surface area contributed by atoms with Gasteiger partial charge in [0.05, 0.1) is 11.8 Å². The minimum Gasteiger partial charge on any atom is -0.389 e. The third-order valence-corrected chi connectivity index (χ3v) is 3.81. The first-order chi connectivity index (χ1) is 9.47. The molecule has 106 valence electrons. The van der Waals surface area contributed by atoms with E-state index in [2.05, 4.69) is 15.9 Å². The van der Waals surface area contributed by atoms with Gasteiger partial charge < -0.3 is 10.0 Å². The molecule has 0 aliphatic rings. The van der Waals surface area contributed by atoms with Crippen molar-refractivity contribution in [1.82, 2.24) is 0 Å². The molecule has 0 amide bonds. The molecular weight excluding hydrogens is 321 g/mol. The van der Waals surface area contributed by atoms with Gasteiger partial charge in [-0.05, 0) is 58.2 Å². The van der Waals surface area contributed by atoms with Crippen LogP contribution in [0.2, 0.25) is 0 Å². The molecule has 0 aliphatic carbocycles. The molecule has 0 spiro atoms. The van der Waals surface area contributed by atoms with E-state index in [1.807, 2.05) is 36.2 Å². The Hall–Kier alpha value is -1.39. The molecule has 0 fully saturated rings. The summed E-state index contributed by atoms with van der Waals surface area (Å²) < 4.78 is 14.1. The lowest BCUT2D eigenvalue weighted by molar-refractivity contribution is 0.199. The van der Waals surface area contributed by atoms with Gasteiger partial charge in [-0.25, -0.2) is 4.39 Å². The van der Waals surface area contributed by atoms with E-state index < -0.39 is 6.10 Å². The molecule has 0 aliphatic heterocycles. The Morgan fingerprint density at radius 1 is 1.25 bits per heavy atom. The molecule has 0 saturated heterocycles. The molecule has 0 heterocycles. The van der Waals surface area contributed by atoms with Crippen LogP contribution in [-0.2, 0) is 6.54 Å². The first-order valence-corrected chi connectivity index (χ1v) is 7.20. The maximum Gasteiger partial charge on any atom is 0.123 e. The van der Waals surface area contributed by atoms with Gasteiger partial charge in [-0.15, -0.1) is 0 Å². The molecule has 2 aromatic carbocycles. The highest BCUT2D eigenvalue weighted by molar-refractivity contribution is 9.10. The quantitative estimate of drug-likeness (QED) is 0.900. The average molecular weight is 338 g/mol. The summed E-state index contributed by atoms with van der Waals surface area (Å²) in [6.45, 7) is 2.35. The number of aliphatic hydroxyl groups excluding tert-OH is 1. The zero-order chi connectivity index (χ0) is 14.7. The van der Waals surface area contributed by atoms with E-state index in [9.17, 15) is 9.50 Å². The van der Waals surface area contributed by atoms with Gasteiger partial charge in [0.25, 0.3) is 0 Å². The fourth-order valence-electron chi connectivity index (χ4n) is 2.09. The number of hydrogen-bond acceptors (Lipinski definition) is 2. The molecule has 1 N–H and O–H groups in total. The second kappa shape index (κ2) is 6.37. The first kappa shape index (κ1) is 15.0. The van der Waals surface area contributed by atoms with Crippen molar-refractivity contribution < 1.29 is 9.50 Å². The highest BCUT2D eigenvalue weighted by Crippen LogP contribution is 2.29. The van der Waals surface area contributed by atoms with Crippen molar-refractivity contribution >= 4 is 21.6 Å². The Bertz CT molecular complexity index is 601. The number of benzene rings is 2. The van der Waals surface area contributed by atoms with Gasteiger partial charge in [-0.1, -0.05) is 18.2 Å². The van der Waals surface area contributed by atoms with Crippen LogP contribution in [0.15, 0.2) is 46.9 Å². The molecule has 4 heteroatoms. The third-order valence-electron chi connectivity index (χ3n) is 3.17. The van der Waals surface area contributed by atoms with E-state index in [0.717, 1.165) is 21.3 Å². The lowest BCUT2D eigenvalue weighted by Crippen LogP contribution is -2.17. The van der Waals surface area contributed by atoms with Crippen LogP contribution in [0.5, 0.6) is 0 Å². The Kier molecular flexibility index (Phi) is 4.78. The number of aliphatic hydroxyl groups is 1. The number of hydrogen-bond donors (Lipinski definition) is 1. The van der Waals surface area contributed by atoms with Crippen LogP contribution >= 0.6 is 15.9 Å². The fourth-order valence-corrected chi connectivity index (χ4v) is 2.79. The lowest BCUT2D eigenvalue weighted by atomic mass is 10.1. The average Bonchev–Trinajstić information content (AvgIpc) is 2.38. The predicted molar refractivity (Wildman–Crippen MR) is 83.3 cm³/mol. The van der Waals surface area contributed by atoms with E-state index in [1.165, 1.54) is 12.1 Å². The fraction of sp³-hybridized carbons (Fsp3) is 0.250. The van der Waals surface area contributed by atoms with Crippen molar-refractivity contribution in [3.05, 3.63) is 63.9 Å². The Morgan fingerprint density at radius 3 is 2.60 bits per heavy atom. The second-order valence-corrected chi connectivity index (χ2v) is 5.73. The Balaban J connectivity index is 2.19. The summed E-state index contributed by atoms with van der Waals surface area (Å²) in [7, 11) is 1.95. The molecular formula is C16H17BrFNO. The van der Waals surface area contributed by atoms with Crippen molar-refractivity contribution in [1.29, 1.82) is 0 Å². The van der Waals surface area contributed by atoms with Gasteiger partial charge >= 0.3 is 0 Å². The van der Waals surface area contributed by atoms with E-state index in [1.54, 1.807) is 13.0 Å². The molecule has 1 atom stereocenters. The van der Waals surface area contributed by atoms with Crippen molar-refractivity contribution in [2.75, 3.05) is 11.9 Å². The summed E-state index contributed by atoms with van der Waals surface area (Å²) in [6, 6.07) is 12.3. The topological polar surface area (TPSA) is 23.5 Å². The number of rotatable bonds is 4. The monoisotopic (exact) mass is 337 g/mol. The Morgan fingerprint density at radius 2 is 2.00 bits per heavy atom.